The van der Waals surface area contributed by atoms with Gasteiger partial charge in [0.2, 0.25) is 5.92 Å². The van der Waals surface area contributed by atoms with Gasteiger partial charge in [0.25, 0.3) is 0 Å². The fraction of sp³-hybridized carbons (Fsp3) is 0.778. The third-order valence-electron chi connectivity index (χ3n) is 4.85. The molecular formula is C18H27F2N3O2. The highest BCUT2D eigenvalue weighted by molar-refractivity contribution is 5.69. The second kappa shape index (κ2) is 6.25. The van der Waals surface area contributed by atoms with E-state index in [1.807, 2.05) is 33.8 Å². The van der Waals surface area contributed by atoms with E-state index in [1.54, 1.807) is 9.58 Å². The third kappa shape index (κ3) is 3.96. The van der Waals surface area contributed by atoms with E-state index in [2.05, 4.69) is 5.10 Å². The van der Waals surface area contributed by atoms with Gasteiger partial charge in [-0.1, -0.05) is 6.92 Å². The number of alkyl halides is 2. The van der Waals surface area contributed by atoms with Crippen molar-refractivity contribution in [1.82, 2.24) is 14.7 Å². The van der Waals surface area contributed by atoms with Crippen LogP contribution < -0.4 is 0 Å². The molecule has 1 aromatic rings. The van der Waals surface area contributed by atoms with Crippen LogP contribution in [0, 0.1) is 0 Å². The largest absolute Gasteiger partial charge is 0.444 e. The van der Waals surface area contributed by atoms with Gasteiger partial charge < -0.3 is 9.64 Å². The van der Waals surface area contributed by atoms with Gasteiger partial charge in [-0.3, -0.25) is 4.68 Å². The SMILES string of the molecule is CCc1cc(C2CN(C(=O)OC(C)(C)C)C2)n(C2CCC(F)(F)C2)n1. The molecule has 1 amide bonds. The number of halogens is 2. The van der Waals surface area contributed by atoms with Crippen LogP contribution in [0.1, 0.15) is 70.3 Å². The number of hydrogen-bond acceptors (Lipinski definition) is 3. The molecule has 25 heavy (non-hydrogen) atoms. The van der Waals surface area contributed by atoms with Crippen molar-refractivity contribution in [2.45, 2.75) is 76.9 Å². The fourth-order valence-corrected chi connectivity index (χ4v) is 3.51. The van der Waals surface area contributed by atoms with E-state index in [1.165, 1.54) is 0 Å². The zero-order valence-corrected chi connectivity index (χ0v) is 15.4. The van der Waals surface area contributed by atoms with Crippen molar-refractivity contribution >= 4 is 6.09 Å². The van der Waals surface area contributed by atoms with Gasteiger partial charge in [-0.25, -0.2) is 13.6 Å². The first kappa shape index (κ1) is 18.1. The minimum Gasteiger partial charge on any atom is -0.444 e. The molecule has 1 atom stereocenters. The molecule has 0 N–H and O–H groups in total. The summed E-state index contributed by atoms with van der Waals surface area (Å²) in [6.07, 6.45) is 0.678. The summed E-state index contributed by atoms with van der Waals surface area (Å²) in [5.74, 6) is -2.46. The summed E-state index contributed by atoms with van der Waals surface area (Å²) >= 11 is 0. The molecule has 2 aliphatic rings. The van der Waals surface area contributed by atoms with E-state index < -0.39 is 11.5 Å². The average molecular weight is 355 g/mol. The van der Waals surface area contributed by atoms with E-state index in [-0.39, 0.29) is 30.9 Å². The molecule has 0 radical (unpaired) electrons. The number of rotatable bonds is 3. The van der Waals surface area contributed by atoms with Gasteiger partial charge in [0, 0.05) is 37.5 Å². The van der Waals surface area contributed by atoms with Crippen molar-refractivity contribution in [3.8, 4) is 0 Å². The number of carbonyl (C=O) groups is 1. The minimum absolute atomic E-state index is 0.0763. The Balaban J connectivity index is 1.70. The normalized spacial score (nSPS) is 23.6. The summed E-state index contributed by atoms with van der Waals surface area (Å²) in [5, 5.41) is 4.56. The molecule has 1 aliphatic heterocycles. The highest BCUT2D eigenvalue weighted by Crippen LogP contribution is 2.43. The van der Waals surface area contributed by atoms with Crippen LogP contribution in [0.3, 0.4) is 0 Å². The van der Waals surface area contributed by atoms with E-state index in [4.69, 9.17) is 4.74 Å². The van der Waals surface area contributed by atoms with Crippen molar-refractivity contribution in [1.29, 1.82) is 0 Å². The summed E-state index contributed by atoms with van der Waals surface area (Å²) in [5.41, 5.74) is 1.37. The first-order chi connectivity index (χ1) is 11.6. The van der Waals surface area contributed by atoms with Crippen molar-refractivity contribution < 1.29 is 18.3 Å². The predicted octanol–water partition coefficient (Wildman–Crippen LogP) is 4.14. The van der Waals surface area contributed by atoms with Crippen LogP contribution in [-0.4, -0.2) is 45.4 Å². The lowest BCUT2D eigenvalue weighted by Crippen LogP contribution is -2.50. The Labute approximate surface area is 147 Å². The van der Waals surface area contributed by atoms with Crippen LogP contribution in [0.2, 0.25) is 0 Å². The maximum atomic E-state index is 13.6. The highest BCUT2D eigenvalue weighted by Gasteiger charge is 2.43. The zero-order chi connectivity index (χ0) is 18.4. The third-order valence-corrected chi connectivity index (χ3v) is 4.85. The molecule has 2 heterocycles. The predicted molar refractivity (Wildman–Crippen MR) is 90.0 cm³/mol. The van der Waals surface area contributed by atoms with E-state index in [0.717, 1.165) is 17.8 Å². The smallest absolute Gasteiger partial charge is 0.410 e. The number of hydrogen-bond donors (Lipinski definition) is 0. The number of aromatic nitrogens is 2. The first-order valence-electron chi connectivity index (χ1n) is 9.02. The monoisotopic (exact) mass is 355 g/mol. The van der Waals surface area contributed by atoms with Gasteiger partial charge in [0.05, 0.1) is 11.7 Å². The number of amides is 1. The van der Waals surface area contributed by atoms with Gasteiger partial charge in [-0.05, 0) is 39.7 Å². The van der Waals surface area contributed by atoms with E-state index >= 15 is 0 Å². The van der Waals surface area contributed by atoms with Gasteiger partial charge in [0.1, 0.15) is 5.60 Å². The fourth-order valence-electron chi connectivity index (χ4n) is 3.51. The summed E-state index contributed by atoms with van der Waals surface area (Å²) in [6, 6.07) is 1.76. The Kier molecular flexibility index (Phi) is 4.54. The Morgan fingerprint density at radius 2 is 2.08 bits per heavy atom. The molecule has 2 fully saturated rings. The lowest BCUT2D eigenvalue weighted by molar-refractivity contribution is 0.00415. The number of aryl methyl sites for hydroxylation is 1. The molecule has 140 valence electrons. The maximum absolute atomic E-state index is 13.6. The molecule has 1 saturated heterocycles. The molecule has 0 spiro atoms. The zero-order valence-electron chi connectivity index (χ0n) is 15.4. The molecule has 7 heteroatoms. The van der Waals surface area contributed by atoms with Gasteiger partial charge in [-0.15, -0.1) is 0 Å². The standard InChI is InChI=1S/C18H27F2N3O2/c1-5-13-8-15(23(21-13)14-6-7-18(19,20)9-14)12-10-22(11-12)16(24)25-17(2,3)4/h8,12,14H,5-7,9-11H2,1-4H3. The quantitative estimate of drug-likeness (QED) is 0.819. The van der Waals surface area contributed by atoms with Crippen molar-refractivity contribution in [3.05, 3.63) is 17.5 Å². The number of likely N-dealkylation sites (tertiary alicyclic amines) is 1. The molecule has 1 unspecified atom stereocenters. The lowest BCUT2D eigenvalue weighted by atomic mass is 9.95. The molecular weight excluding hydrogens is 328 g/mol. The minimum atomic E-state index is -2.59. The van der Waals surface area contributed by atoms with E-state index in [9.17, 15) is 13.6 Å². The molecule has 1 aliphatic carbocycles. The van der Waals surface area contributed by atoms with Gasteiger partial charge >= 0.3 is 6.09 Å². The van der Waals surface area contributed by atoms with Crippen LogP contribution >= 0.6 is 0 Å². The maximum Gasteiger partial charge on any atom is 0.410 e. The van der Waals surface area contributed by atoms with Crippen LogP contribution in [0.15, 0.2) is 6.07 Å². The summed E-state index contributed by atoms with van der Waals surface area (Å²) < 4.78 is 34.4. The highest BCUT2D eigenvalue weighted by atomic mass is 19.3. The van der Waals surface area contributed by atoms with Gasteiger partial charge in [0.15, 0.2) is 0 Å². The second-order valence-electron chi connectivity index (χ2n) is 8.19. The van der Waals surface area contributed by atoms with Crippen molar-refractivity contribution in [3.63, 3.8) is 0 Å². The lowest BCUT2D eigenvalue weighted by Gasteiger charge is -2.40. The summed E-state index contributed by atoms with van der Waals surface area (Å²) in [6.45, 7) is 8.62. The second-order valence-corrected chi connectivity index (χ2v) is 8.19. The van der Waals surface area contributed by atoms with Crippen LogP contribution in [0.4, 0.5) is 13.6 Å². The molecule has 0 bridgehead atoms. The van der Waals surface area contributed by atoms with Crippen molar-refractivity contribution in [2.24, 2.45) is 0 Å². The average Bonchev–Trinajstić information content (AvgIpc) is 2.98. The van der Waals surface area contributed by atoms with Crippen LogP contribution in [0.5, 0.6) is 0 Å². The molecule has 1 aromatic heterocycles. The van der Waals surface area contributed by atoms with Gasteiger partial charge in [-0.2, -0.15) is 5.10 Å². The Hall–Kier alpha value is -1.66. The molecule has 0 aromatic carbocycles. The number of ether oxygens (including phenoxy) is 1. The molecule has 1 saturated carbocycles. The Morgan fingerprint density at radius 1 is 1.40 bits per heavy atom. The molecule has 5 nitrogen and oxygen atoms in total. The summed E-state index contributed by atoms with van der Waals surface area (Å²) in [4.78, 5) is 13.7. The Bertz CT molecular complexity index is 645. The summed E-state index contributed by atoms with van der Waals surface area (Å²) in [7, 11) is 0. The Morgan fingerprint density at radius 3 is 2.60 bits per heavy atom. The first-order valence-corrected chi connectivity index (χ1v) is 9.02. The number of carbonyl (C=O) groups excluding carboxylic acids is 1. The molecule has 3 rings (SSSR count). The van der Waals surface area contributed by atoms with E-state index in [0.29, 0.717) is 19.5 Å². The topological polar surface area (TPSA) is 47.4 Å². The van der Waals surface area contributed by atoms with Crippen LogP contribution in [0.25, 0.3) is 0 Å². The van der Waals surface area contributed by atoms with Crippen molar-refractivity contribution in [2.75, 3.05) is 13.1 Å². The number of nitrogens with zero attached hydrogens (tertiary/aromatic N) is 3. The van der Waals surface area contributed by atoms with Crippen LogP contribution in [-0.2, 0) is 11.2 Å².